The number of aromatic nitrogens is 1. The van der Waals surface area contributed by atoms with Crippen molar-refractivity contribution in [1.82, 2.24) is 14.8 Å². The molecule has 4 rings (SSSR count). The number of likely N-dealkylation sites (tertiary alicyclic amines) is 1. The molecule has 25 heavy (non-hydrogen) atoms. The molecule has 5 heteroatoms. The summed E-state index contributed by atoms with van der Waals surface area (Å²) in [4.78, 5) is 20.7. The van der Waals surface area contributed by atoms with Gasteiger partial charge >= 0.3 is 0 Å². The number of rotatable bonds is 3. The van der Waals surface area contributed by atoms with Gasteiger partial charge in [0.25, 0.3) is 5.91 Å². The van der Waals surface area contributed by atoms with Crippen molar-refractivity contribution in [2.75, 3.05) is 26.2 Å². The van der Waals surface area contributed by atoms with Crippen molar-refractivity contribution in [3.05, 3.63) is 65.5 Å². The summed E-state index contributed by atoms with van der Waals surface area (Å²) in [5.74, 6) is -0.0967. The molecule has 1 unspecified atom stereocenters. The molecule has 2 aromatic rings. The van der Waals surface area contributed by atoms with Gasteiger partial charge in [-0.1, -0.05) is 30.3 Å². The number of hydrogen-bond donors (Lipinski definition) is 1. The number of hydrogen-bond acceptors (Lipinski definition) is 4. The summed E-state index contributed by atoms with van der Waals surface area (Å²) < 4.78 is 0. The first kappa shape index (κ1) is 16.2. The number of pyridine rings is 1. The number of nitrogens with zero attached hydrogens (tertiary/aromatic N) is 3. The minimum Gasteiger partial charge on any atom is -0.387 e. The van der Waals surface area contributed by atoms with Crippen LogP contribution in [0.15, 0.2) is 48.7 Å². The van der Waals surface area contributed by atoms with Crippen molar-refractivity contribution >= 4 is 5.91 Å². The van der Waals surface area contributed by atoms with E-state index in [4.69, 9.17) is 0 Å². The molecule has 0 radical (unpaired) electrons. The second kappa shape index (κ2) is 6.58. The molecule has 2 aliphatic rings. The Morgan fingerprint density at radius 3 is 2.72 bits per heavy atom. The standard InChI is InChI=1S/C20H23N3O2/c24-19(18-7-3-4-10-21-18)23-12-9-20(25,15-23)14-22-11-8-16-5-1-2-6-17(16)13-22/h1-7,10,25H,8-9,11-15H2. The van der Waals surface area contributed by atoms with Gasteiger partial charge in [0.05, 0.1) is 12.1 Å². The van der Waals surface area contributed by atoms with E-state index in [1.54, 1.807) is 23.2 Å². The Morgan fingerprint density at radius 2 is 1.92 bits per heavy atom. The van der Waals surface area contributed by atoms with Crippen molar-refractivity contribution in [3.63, 3.8) is 0 Å². The smallest absolute Gasteiger partial charge is 0.272 e. The summed E-state index contributed by atoms with van der Waals surface area (Å²) in [6.45, 7) is 3.38. The lowest BCUT2D eigenvalue weighted by atomic mass is 9.97. The normalized spacial score (nSPS) is 23.5. The van der Waals surface area contributed by atoms with Crippen molar-refractivity contribution in [2.24, 2.45) is 0 Å². The highest BCUT2D eigenvalue weighted by atomic mass is 16.3. The first-order valence-corrected chi connectivity index (χ1v) is 8.85. The first-order valence-electron chi connectivity index (χ1n) is 8.85. The molecule has 1 atom stereocenters. The minimum absolute atomic E-state index is 0.0967. The van der Waals surface area contributed by atoms with Gasteiger partial charge < -0.3 is 10.0 Å². The van der Waals surface area contributed by atoms with Gasteiger partial charge in [-0.15, -0.1) is 0 Å². The van der Waals surface area contributed by atoms with E-state index in [0.717, 1.165) is 19.5 Å². The Bertz CT molecular complexity index is 765. The maximum atomic E-state index is 12.5. The lowest BCUT2D eigenvalue weighted by Crippen LogP contribution is -2.47. The third-order valence-electron chi connectivity index (χ3n) is 5.23. The predicted octanol–water partition coefficient (Wildman–Crippen LogP) is 1.72. The Labute approximate surface area is 147 Å². The Hall–Kier alpha value is -2.24. The summed E-state index contributed by atoms with van der Waals surface area (Å²) in [6.07, 6.45) is 3.26. The maximum absolute atomic E-state index is 12.5. The Balaban J connectivity index is 1.40. The lowest BCUT2D eigenvalue weighted by Gasteiger charge is -2.34. The number of carbonyl (C=O) groups is 1. The van der Waals surface area contributed by atoms with E-state index in [0.29, 0.717) is 31.7 Å². The quantitative estimate of drug-likeness (QED) is 0.926. The lowest BCUT2D eigenvalue weighted by molar-refractivity contribution is 0.00799. The molecule has 0 aliphatic carbocycles. The number of benzene rings is 1. The third-order valence-corrected chi connectivity index (χ3v) is 5.23. The summed E-state index contributed by atoms with van der Waals surface area (Å²) in [6, 6.07) is 13.8. The third kappa shape index (κ3) is 3.43. The van der Waals surface area contributed by atoms with Crippen LogP contribution in [0.2, 0.25) is 0 Å². The zero-order chi connectivity index (χ0) is 17.3. The number of β-amino-alcohol motifs (C(OH)–C–C–N with tert-alkyl or cyclic N) is 1. The van der Waals surface area contributed by atoms with Gasteiger partial charge in [0.15, 0.2) is 0 Å². The fourth-order valence-electron chi connectivity index (χ4n) is 3.92. The zero-order valence-corrected chi connectivity index (χ0v) is 14.3. The van der Waals surface area contributed by atoms with E-state index < -0.39 is 5.60 Å². The van der Waals surface area contributed by atoms with Crippen LogP contribution in [0.4, 0.5) is 0 Å². The molecule has 1 fully saturated rings. The number of aliphatic hydroxyl groups is 1. The minimum atomic E-state index is -0.837. The van der Waals surface area contributed by atoms with Crippen LogP contribution in [-0.2, 0) is 13.0 Å². The van der Waals surface area contributed by atoms with Crippen LogP contribution in [-0.4, -0.2) is 57.6 Å². The van der Waals surface area contributed by atoms with E-state index in [-0.39, 0.29) is 5.91 Å². The van der Waals surface area contributed by atoms with Crippen molar-refractivity contribution in [2.45, 2.75) is 25.0 Å². The molecule has 5 nitrogen and oxygen atoms in total. The second-order valence-corrected chi connectivity index (χ2v) is 7.15. The van der Waals surface area contributed by atoms with Gasteiger partial charge in [-0.25, -0.2) is 0 Å². The van der Waals surface area contributed by atoms with Crippen LogP contribution in [0.25, 0.3) is 0 Å². The molecule has 1 aromatic carbocycles. The summed E-state index contributed by atoms with van der Waals surface area (Å²) in [5.41, 5.74) is 2.36. The molecule has 0 saturated carbocycles. The monoisotopic (exact) mass is 337 g/mol. The molecular formula is C20H23N3O2. The summed E-state index contributed by atoms with van der Waals surface area (Å²) in [7, 11) is 0. The van der Waals surface area contributed by atoms with Gasteiger partial charge in [0.2, 0.25) is 0 Å². The van der Waals surface area contributed by atoms with Crippen LogP contribution >= 0.6 is 0 Å². The molecule has 1 saturated heterocycles. The van der Waals surface area contributed by atoms with Gasteiger partial charge in [0.1, 0.15) is 5.69 Å². The van der Waals surface area contributed by atoms with E-state index in [9.17, 15) is 9.90 Å². The molecule has 1 N–H and O–H groups in total. The highest BCUT2D eigenvalue weighted by Crippen LogP contribution is 2.26. The van der Waals surface area contributed by atoms with Crippen LogP contribution in [0.5, 0.6) is 0 Å². The second-order valence-electron chi connectivity index (χ2n) is 7.15. The molecule has 1 aromatic heterocycles. The topological polar surface area (TPSA) is 56.7 Å². The van der Waals surface area contributed by atoms with Crippen LogP contribution in [0, 0.1) is 0 Å². The average molecular weight is 337 g/mol. The maximum Gasteiger partial charge on any atom is 0.272 e. The molecule has 3 heterocycles. The molecule has 0 spiro atoms. The van der Waals surface area contributed by atoms with Gasteiger partial charge in [0, 0.05) is 32.4 Å². The number of amides is 1. The van der Waals surface area contributed by atoms with Gasteiger partial charge in [-0.3, -0.25) is 14.7 Å². The molecule has 0 bridgehead atoms. The Morgan fingerprint density at radius 1 is 1.12 bits per heavy atom. The Kier molecular flexibility index (Phi) is 4.27. The fourth-order valence-corrected chi connectivity index (χ4v) is 3.92. The van der Waals surface area contributed by atoms with E-state index >= 15 is 0 Å². The average Bonchev–Trinajstić information content (AvgIpc) is 3.03. The molecule has 130 valence electrons. The zero-order valence-electron chi connectivity index (χ0n) is 14.3. The van der Waals surface area contributed by atoms with Gasteiger partial charge in [-0.2, -0.15) is 0 Å². The van der Waals surface area contributed by atoms with E-state index in [2.05, 4.69) is 34.1 Å². The van der Waals surface area contributed by atoms with Gasteiger partial charge in [-0.05, 0) is 36.1 Å². The predicted molar refractivity (Wildman–Crippen MR) is 95.1 cm³/mol. The number of carbonyl (C=O) groups excluding carboxylic acids is 1. The SMILES string of the molecule is O=C(c1ccccn1)N1CCC(O)(CN2CCc3ccccc3C2)C1. The van der Waals surface area contributed by atoms with E-state index in [1.165, 1.54) is 11.1 Å². The molecular weight excluding hydrogens is 314 g/mol. The molecule has 2 aliphatic heterocycles. The summed E-state index contributed by atoms with van der Waals surface area (Å²) >= 11 is 0. The van der Waals surface area contributed by atoms with Crippen LogP contribution in [0.1, 0.15) is 28.0 Å². The summed E-state index contributed by atoms with van der Waals surface area (Å²) in [5, 5.41) is 11.0. The van der Waals surface area contributed by atoms with Crippen molar-refractivity contribution < 1.29 is 9.90 Å². The van der Waals surface area contributed by atoms with Crippen LogP contribution in [0.3, 0.4) is 0 Å². The van der Waals surface area contributed by atoms with E-state index in [1.807, 2.05) is 6.07 Å². The highest BCUT2D eigenvalue weighted by molar-refractivity contribution is 5.92. The fraction of sp³-hybridized carbons (Fsp3) is 0.400. The highest BCUT2D eigenvalue weighted by Gasteiger charge is 2.40. The first-order chi connectivity index (χ1) is 12.1. The van der Waals surface area contributed by atoms with Crippen molar-refractivity contribution in [1.29, 1.82) is 0 Å². The largest absolute Gasteiger partial charge is 0.387 e. The molecule has 1 amide bonds. The number of fused-ring (bicyclic) bond motifs is 1. The van der Waals surface area contributed by atoms with Crippen LogP contribution < -0.4 is 0 Å². The van der Waals surface area contributed by atoms with Crippen molar-refractivity contribution in [3.8, 4) is 0 Å².